The Morgan fingerprint density at radius 3 is 2.82 bits per heavy atom. The zero-order chi connectivity index (χ0) is 15.5. The van der Waals surface area contributed by atoms with E-state index in [1.54, 1.807) is 17.3 Å². The molecule has 0 aliphatic carbocycles. The molecule has 0 aromatic carbocycles. The van der Waals surface area contributed by atoms with Gasteiger partial charge in [0.15, 0.2) is 0 Å². The third kappa shape index (κ3) is 3.29. The monoisotopic (exact) mass is 301 g/mol. The molecule has 2 unspecified atom stereocenters. The van der Waals surface area contributed by atoms with Crippen molar-refractivity contribution in [2.75, 3.05) is 19.6 Å². The van der Waals surface area contributed by atoms with Crippen LogP contribution in [-0.4, -0.2) is 46.2 Å². The van der Waals surface area contributed by atoms with Gasteiger partial charge in [-0.3, -0.25) is 14.6 Å². The van der Waals surface area contributed by atoms with Gasteiger partial charge in [0.25, 0.3) is 0 Å². The van der Waals surface area contributed by atoms with E-state index in [9.17, 15) is 9.59 Å². The Kier molecular flexibility index (Phi) is 4.41. The van der Waals surface area contributed by atoms with Crippen molar-refractivity contribution in [2.24, 2.45) is 11.8 Å². The van der Waals surface area contributed by atoms with E-state index < -0.39 is 0 Å². The summed E-state index contributed by atoms with van der Waals surface area (Å²) in [7, 11) is 0. The molecule has 0 bridgehead atoms. The second-order valence-electron chi connectivity index (χ2n) is 6.56. The van der Waals surface area contributed by atoms with Crippen molar-refractivity contribution in [3.63, 3.8) is 0 Å². The van der Waals surface area contributed by atoms with Gasteiger partial charge in [-0.2, -0.15) is 0 Å². The number of likely N-dealkylation sites (tertiary alicyclic amines) is 2. The van der Waals surface area contributed by atoms with Crippen LogP contribution in [0.3, 0.4) is 0 Å². The van der Waals surface area contributed by atoms with Crippen molar-refractivity contribution in [2.45, 2.75) is 32.7 Å². The van der Waals surface area contributed by atoms with Gasteiger partial charge in [0.2, 0.25) is 11.8 Å². The van der Waals surface area contributed by atoms with Crippen LogP contribution < -0.4 is 0 Å². The van der Waals surface area contributed by atoms with Gasteiger partial charge < -0.3 is 9.80 Å². The molecule has 22 heavy (non-hydrogen) atoms. The van der Waals surface area contributed by atoms with Crippen LogP contribution in [0.25, 0.3) is 0 Å². The van der Waals surface area contributed by atoms with Gasteiger partial charge in [-0.1, -0.05) is 6.92 Å². The predicted molar refractivity (Wildman–Crippen MR) is 82.7 cm³/mol. The van der Waals surface area contributed by atoms with E-state index in [2.05, 4.69) is 11.9 Å². The molecule has 2 aliphatic rings. The van der Waals surface area contributed by atoms with E-state index in [4.69, 9.17) is 0 Å². The summed E-state index contributed by atoms with van der Waals surface area (Å²) in [5.74, 6) is 0.653. The number of carbonyl (C=O) groups is 2. The van der Waals surface area contributed by atoms with Crippen LogP contribution in [-0.2, 0) is 16.1 Å². The highest BCUT2D eigenvalue weighted by atomic mass is 16.2. The van der Waals surface area contributed by atoms with Gasteiger partial charge in [-0.15, -0.1) is 0 Å². The molecule has 0 saturated carbocycles. The Balaban J connectivity index is 1.60. The van der Waals surface area contributed by atoms with Crippen molar-refractivity contribution in [1.82, 2.24) is 14.8 Å². The number of amides is 2. The Morgan fingerprint density at radius 2 is 2.09 bits per heavy atom. The van der Waals surface area contributed by atoms with E-state index in [0.717, 1.165) is 25.1 Å². The number of nitrogens with zero attached hydrogens (tertiary/aromatic N) is 3. The summed E-state index contributed by atoms with van der Waals surface area (Å²) in [6.07, 6.45) is 6.09. The minimum absolute atomic E-state index is 0.0835. The highest BCUT2D eigenvalue weighted by molar-refractivity contribution is 5.89. The zero-order valence-electron chi connectivity index (χ0n) is 13.1. The van der Waals surface area contributed by atoms with Crippen LogP contribution >= 0.6 is 0 Å². The first kappa shape index (κ1) is 15.0. The topological polar surface area (TPSA) is 53.5 Å². The summed E-state index contributed by atoms with van der Waals surface area (Å²) in [5, 5.41) is 0. The van der Waals surface area contributed by atoms with Crippen molar-refractivity contribution in [3.8, 4) is 0 Å². The highest BCUT2D eigenvalue weighted by Crippen LogP contribution is 2.24. The maximum Gasteiger partial charge on any atom is 0.228 e. The minimum atomic E-state index is -0.167. The Bertz CT molecular complexity index is 546. The quantitative estimate of drug-likeness (QED) is 0.853. The fraction of sp³-hybridized carbons (Fsp3) is 0.588. The second kappa shape index (κ2) is 6.46. The van der Waals surface area contributed by atoms with Gasteiger partial charge in [0.05, 0.1) is 5.92 Å². The molecule has 0 spiro atoms. The van der Waals surface area contributed by atoms with Crippen LogP contribution in [0, 0.1) is 11.8 Å². The smallest absolute Gasteiger partial charge is 0.228 e. The lowest BCUT2D eigenvalue weighted by molar-refractivity contribution is -0.137. The van der Waals surface area contributed by atoms with Crippen molar-refractivity contribution in [1.29, 1.82) is 0 Å². The molecule has 2 aliphatic heterocycles. The number of hydrogen-bond acceptors (Lipinski definition) is 3. The third-order valence-electron chi connectivity index (χ3n) is 4.66. The number of hydrogen-bond donors (Lipinski definition) is 0. The molecule has 0 radical (unpaired) electrons. The number of pyridine rings is 1. The van der Waals surface area contributed by atoms with E-state index in [1.165, 1.54) is 6.42 Å². The molecule has 0 N–H and O–H groups in total. The molecule has 1 aromatic heterocycles. The minimum Gasteiger partial charge on any atom is -0.342 e. The number of piperidine rings is 1. The van der Waals surface area contributed by atoms with Crippen molar-refractivity contribution < 1.29 is 9.59 Å². The zero-order valence-corrected chi connectivity index (χ0v) is 13.1. The van der Waals surface area contributed by atoms with Crippen molar-refractivity contribution in [3.05, 3.63) is 30.1 Å². The van der Waals surface area contributed by atoms with Gasteiger partial charge >= 0.3 is 0 Å². The molecule has 2 saturated heterocycles. The summed E-state index contributed by atoms with van der Waals surface area (Å²) in [6.45, 7) is 4.99. The largest absolute Gasteiger partial charge is 0.342 e. The molecular formula is C17H23N3O2. The summed E-state index contributed by atoms with van der Waals surface area (Å²) in [4.78, 5) is 32.6. The molecule has 2 amide bonds. The summed E-state index contributed by atoms with van der Waals surface area (Å²) in [5.41, 5.74) is 1.06. The maximum atomic E-state index is 12.6. The molecule has 5 nitrogen and oxygen atoms in total. The lowest BCUT2D eigenvalue weighted by atomic mass is 9.98. The second-order valence-corrected chi connectivity index (χ2v) is 6.56. The Morgan fingerprint density at radius 1 is 1.32 bits per heavy atom. The fourth-order valence-electron chi connectivity index (χ4n) is 3.45. The molecule has 1 aromatic rings. The van der Waals surface area contributed by atoms with Gasteiger partial charge in [0, 0.05) is 45.0 Å². The average Bonchev–Trinajstić information content (AvgIpc) is 2.88. The molecule has 118 valence electrons. The maximum absolute atomic E-state index is 12.6. The van der Waals surface area contributed by atoms with Crippen molar-refractivity contribution >= 4 is 11.8 Å². The molecule has 2 atom stereocenters. The molecule has 3 heterocycles. The normalized spacial score (nSPS) is 25.6. The summed E-state index contributed by atoms with van der Waals surface area (Å²) in [6, 6.07) is 3.82. The standard InChI is InChI=1S/C17H23N3O2/c1-13-3-2-8-19(10-13)17(22)15-9-16(21)20(12-15)11-14-4-6-18-7-5-14/h4-7,13,15H,2-3,8-12H2,1H3. The lowest BCUT2D eigenvalue weighted by Gasteiger charge is -2.32. The lowest BCUT2D eigenvalue weighted by Crippen LogP contribution is -2.43. The number of rotatable bonds is 3. The van der Waals surface area contributed by atoms with Crippen LogP contribution in [0.1, 0.15) is 31.7 Å². The molecule has 5 heteroatoms. The third-order valence-corrected chi connectivity index (χ3v) is 4.66. The first-order valence-corrected chi connectivity index (χ1v) is 8.09. The predicted octanol–water partition coefficient (Wildman–Crippen LogP) is 1.69. The summed E-state index contributed by atoms with van der Waals surface area (Å²) < 4.78 is 0. The van der Waals surface area contributed by atoms with Crippen LogP contribution in [0.4, 0.5) is 0 Å². The average molecular weight is 301 g/mol. The number of aromatic nitrogens is 1. The first-order chi connectivity index (χ1) is 10.6. The van der Waals surface area contributed by atoms with Gasteiger partial charge in [-0.25, -0.2) is 0 Å². The van der Waals surface area contributed by atoms with E-state index in [-0.39, 0.29) is 17.7 Å². The Labute approximate surface area is 131 Å². The molecule has 2 fully saturated rings. The summed E-state index contributed by atoms with van der Waals surface area (Å²) >= 11 is 0. The Hall–Kier alpha value is -1.91. The highest BCUT2D eigenvalue weighted by Gasteiger charge is 2.37. The first-order valence-electron chi connectivity index (χ1n) is 8.09. The van der Waals surface area contributed by atoms with Crippen LogP contribution in [0.2, 0.25) is 0 Å². The molecule has 3 rings (SSSR count). The van der Waals surface area contributed by atoms with E-state index in [1.807, 2.05) is 17.0 Å². The van der Waals surface area contributed by atoms with Gasteiger partial charge in [0.1, 0.15) is 0 Å². The van der Waals surface area contributed by atoms with Gasteiger partial charge in [-0.05, 0) is 36.5 Å². The van der Waals surface area contributed by atoms with Crippen LogP contribution in [0.15, 0.2) is 24.5 Å². The number of carbonyl (C=O) groups excluding carboxylic acids is 2. The van der Waals surface area contributed by atoms with Crippen LogP contribution in [0.5, 0.6) is 0 Å². The SMILES string of the molecule is CC1CCCN(C(=O)C2CC(=O)N(Cc3ccncc3)C2)C1. The van der Waals surface area contributed by atoms with E-state index in [0.29, 0.717) is 25.4 Å². The molecular weight excluding hydrogens is 278 g/mol. The fourth-order valence-corrected chi connectivity index (χ4v) is 3.45. The van der Waals surface area contributed by atoms with E-state index >= 15 is 0 Å².